The Kier molecular flexibility index (Phi) is 6.65. The average Bonchev–Trinajstić information content (AvgIpc) is 2.39. The fourth-order valence-electron chi connectivity index (χ4n) is 1.93. The molecule has 18 heavy (non-hydrogen) atoms. The minimum Gasteiger partial charge on any atom is -0.383 e. The van der Waals surface area contributed by atoms with Gasteiger partial charge in [-0.05, 0) is 37.1 Å². The van der Waals surface area contributed by atoms with Crippen LogP contribution in [0.15, 0.2) is 18.2 Å². The molecule has 0 N–H and O–H groups in total. The smallest absolute Gasteiger partial charge is 0.123 e. The third kappa shape index (κ3) is 3.95. The van der Waals surface area contributed by atoms with Crippen molar-refractivity contribution in [3.8, 4) is 0 Å². The Morgan fingerprint density at radius 3 is 2.72 bits per heavy atom. The first-order chi connectivity index (χ1) is 8.63. The Hall–Kier alpha value is -0.610. The van der Waals surface area contributed by atoms with Crippen LogP contribution in [0.3, 0.4) is 0 Å². The minimum atomic E-state index is -0.191. The van der Waals surface area contributed by atoms with E-state index in [9.17, 15) is 4.39 Å². The first-order valence-electron chi connectivity index (χ1n) is 6.24. The van der Waals surface area contributed by atoms with Crippen LogP contribution in [-0.4, -0.2) is 26.3 Å². The molecule has 0 aliphatic heterocycles. The van der Waals surface area contributed by atoms with E-state index in [4.69, 9.17) is 4.74 Å². The van der Waals surface area contributed by atoms with E-state index >= 15 is 0 Å². The van der Waals surface area contributed by atoms with Crippen molar-refractivity contribution in [3.63, 3.8) is 0 Å². The number of alkyl halides is 1. The van der Waals surface area contributed by atoms with Crippen molar-refractivity contribution >= 4 is 21.6 Å². The molecular weight excluding hydrogens is 297 g/mol. The molecular formula is C14H21BrFNO. The Bertz CT molecular complexity index is 373. The van der Waals surface area contributed by atoms with Gasteiger partial charge < -0.3 is 9.64 Å². The fraction of sp³-hybridized carbons (Fsp3) is 0.571. The van der Waals surface area contributed by atoms with E-state index in [0.717, 1.165) is 24.2 Å². The molecule has 0 saturated carbocycles. The zero-order valence-corrected chi connectivity index (χ0v) is 12.8. The number of hydrogen-bond donors (Lipinski definition) is 0. The lowest BCUT2D eigenvalue weighted by Gasteiger charge is -2.32. The molecule has 0 spiro atoms. The number of halogens is 2. The van der Waals surface area contributed by atoms with Gasteiger partial charge in [-0.15, -0.1) is 0 Å². The predicted molar refractivity (Wildman–Crippen MR) is 78.0 cm³/mol. The van der Waals surface area contributed by atoms with Crippen LogP contribution in [0.25, 0.3) is 0 Å². The Balaban J connectivity index is 3.03. The van der Waals surface area contributed by atoms with Crippen LogP contribution in [0.4, 0.5) is 10.1 Å². The summed E-state index contributed by atoms with van der Waals surface area (Å²) in [4.78, 5) is 2.28. The molecule has 0 aliphatic rings. The Morgan fingerprint density at radius 2 is 2.17 bits per heavy atom. The SMILES string of the molecule is CCC(C)N(CCOC)c1ccc(F)cc1CBr. The summed E-state index contributed by atoms with van der Waals surface area (Å²) in [7, 11) is 1.70. The molecule has 0 aromatic heterocycles. The van der Waals surface area contributed by atoms with Gasteiger partial charge in [0.1, 0.15) is 5.82 Å². The van der Waals surface area contributed by atoms with Crippen molar-refractivity contribution in [2.75, 3.05) is 25.2 Å². The fourth-order valence-corrected chi connectivity index (χ4v) is 2.38. The number of ether oxygens (including phenoxy) is 1. The quantitative estimate of drug-likeness (QED) is 0.705. The second kappa shape index (κ2) is 7.74. The molecule has 0 aliphatic carbocycles. The highest BCUT2D eigenvalue weighted by molar-refractivity contribution is 9.08. The second-order valence-corrected chi connectivity index (χ2v) is 4.91. The zero-order valence-electron chi connectivity index (χ0n) is 11.2. The van der Waals surface area contributed by atoms with Gasteiger partial charge >= 0.3 is 0 Å². The third-order valence-corrected chi connectivity index (χ3v) is 3.76. The van der Waals surface area contributed by atoms with Gasteiger partial charge in [0.15, 0.2) is 0 Å². The number of nitrogens with zero attached hydrogens (tertiary/aromatic N) is 1. The summed E-state index contributed by atoms with van der Waals surface area (Å²) in [6.07, 6.45) is 1.04. The van der Waals surface area contributed by atoms with Crippen LogP contribution in [-0.2, 0) is 10.1 Å². The minimum absolute atomic E-state index is 0.191. The van der Waals surface area contributed by atoms with Gasteiger partial charge in [0.05, 0.1) is 6.61 Å². The normalized spacial score (nSPS) is 12.5. The van der Waals surface area contributed by atoms with Crippen LogP contribution >= 0.6 is 15.9 Å². The molecule has 0 bridgehead atoms. The summed E-state index contributed by atoms with van der Waals surface area (Å²) in [6.45, 7) is 5.82. The molecule has 0 saturated heterocycles. The van der Waals surface area contributed by atoms with Gasteiger partial charge in [-0.25, -0.2) is 4.39 Å². The monoisotopic (exact) mass is 317 g/mol. The number of hydrogen-bond acceptors (Lipinski definition) is 2. The maximum absolute atomic E-state index is 13.3. The van der Waals surface area contributed by atoms with E-state index in [1.807, 2.05) is 6.07 Å². The largest absolute Gasteiger partial charge is 0.383 e. The number of rotatable bonds is 7. The predicted octanol–water partition coefficient (Wildman–Crippen LogP) is 3.97. The van der Waals surface area contributed by atoms with E-state index in [0.29, 0.717) is 18.0 Å². The van der Waals surface area contributed by atoms with E-state index in [-0.39, 0.29) is 5.82 Å². The Labute approximate surface area is 117 Å². The number of benzene rings is 1. The summed E-state index contributed by atoms with van der Waals surface area (Å²) in [5.41, 5.74) is 2.06. The van der Waals surface area contributed by atoms with Gasteiger partial charge in [0.25, 0.3) is 0 Å². The average molecular weight is 318 g/mol. The molecule has 1 aromatic carbocycles. The highest BCUT2D eigenvalue weighted by Gasteiger charge is 2.16. The molecule has 1 atom stereocenters. The van der Waals surface area contributed by atoms with Crippen LogP contribution in [0.1, 0.15) is 25.8 Å². The molecule has 102 valence electrons. The molecule has 1 rings (SSSR count). The van der Waals surface area contributed by atoms with Crippen molar-refractivity contribution in [1.29, 1.82) is 0 Å². The third-order valence-electron chi connectivity index (χ3n) is 3.15. The molecule has 0 radical (unpaired) electrons. The van der Waals surface area contributed by atoms with E-state index in [1.165, 1.54) is 6.07 Å². The summed E-state index contributed by atoms with van der Waals surface area (Å²) in [5.74, 6) is -0.191. The lowest BCUT2D eigenvalue weighted by Crippen LogP contribution is -2.36. The summed E-state index contributed by atoms with van der Waals surface area (Å²) in [5, 5.41) is 0.653. The maximum atomic E-state index is 13.3. The number of methoxy groups -OCH3 is 1. The van der Waals surface area contributed by atoms with E-state index < -0.39 is 0 Å². The maximum Gasteiger partial charge on any atom is 0.123 e. The highest BCUT2D eigenvalue weighted by atomic mass is 79.9. The van der Waals surface area contributed by atoms with Crippen LogP contribution in [0.5, 0.6) is 0 Å². The first-order valence-corrected chi connectivity index (χ1v) is 7.36. The summed E-state index contributed by atoms with van der Waals surface area (Å²) >= 11 is 3.43. The lowest BCUT2D eigenvalue weighted by atomic mass is 10.1. The van der Waals surface area contributed by atoms with Gasteiger partial charge in [-0.1, -0.05) is 22.9 Å². The molecule has 4 heteroatoms. The van der Waals surface area contributed by atoms with Crippen LogP contribution < -0.4 is 4.90 Å². The second-order valence-electron chi connectivity index (χ2n) is 4.35. The van der Waals surface area contributed by atoms with Crippen LogP contribution in [0, 0.1) is 5.82 Å². The zero-order chi connectivity index (χ0) is 13.5. The van der Waals surface area contributed by atoms with Gasteiger partial charge in [-0.2, -0.15) is 0 Å². The van der Waals surface area contributed by atoms with Gasteiger partial charge in [-0.3, -0.25) is 0 Å². The van der Waals surface area contributed by atoms with Gasteiger partial charge in [0.2, 0.25) is 0 Å². The van der Waals surface area contributed by atoms with Crippen molar-refractivity contribution in [3.05, 3.63) is 29.6 Å². The van der Waals surface area contributed by atoms with Crippen molar-refractivity contribution in [2.24, 2.45) is 0 Å². The lowest BCUT2D eigenvalue weighted by molar-refractivity contribution is 0.203. The topological polar surface area (TPSA) is 12.5 Å². The van der Waals surface area contributed by atoms with E-state index in [1.54, 1.807) is 13.2 Å². The molecule has 1 aromatic rings. The Morgan fingerprint density at radius 1 is 1.44 bits per heavy atom. The van der Waals surface area contributed by atoms with E-state index in [2.05, 4.69) is 34.7 Å². The summed E-state index contributed by atoms with van der Waals surface area (Å²) < 4.78 is 18.4. The standard InChI is InChI=1S/C14H21BrFNO/c1-4-11(2)17(7-8-18-3)14-6-5-13(16)9-12(14)10-15/h5-6,9,11H,4,7-8,10H2,1-3H3. The van der Waals surface area contributed by atoms with Crippen molar-refractivity contribution in [2.45, 2.75) is 31.6 Å². The number of anilines is 1. The molecule has 0 amide bonds. The summed E-state index contributed by atoms with van der Waals surface area (Å²) in [6, 6.07) is 5.37. The first kappa shape index (κ1) is 15.4. The molecule has 0 heterocycles. The van der Waals surface area contributed by atoms with Crippen molar-refractivity contribution < 1.29 is 9.13 Å². The van der Waals surface area contributed by atoms with Gasteiger partial charge in [0, 0.05) is 30.7 Å². The molecule has 1 unspecified atom stereocenters. The highest BCUT2D eigenvalue weighted by Crippen LogP contribution is 2.26. The molecule has 0 fully saturated rings. The van der Waals surface area contributed by atoms with Crippen molar-refractivity contribution in [1.82, 2.24) is 0 Å². The molecule has 2 nitrogen and oxygen atoms in total. The van der Waals surface area contributed by atoms with Crippen LogP contribution in [0.2, 0.25) is 0 Å².